The molecule has 5 nitrogen and oxygen atoms in total. The number of Topliss-reactive ketones (excluding diaryl/α,β-unsaturated/α-hetero) is 1. The topological polar surface area (TPSA) is 72.2 Å². The summed E-state index contributed by atoms with van der Waals surface area (Å²) in [6.07, 6.45) is 4.61. The van der Waals surface area contributed by atoms with E-state index in [9.17, 15) is 14.7 Å². The van der Waals surface area contributed by atoms with Gasteiger partial charge in [0.1, 0.15) is 5.78 Å². The highest BCUT2D eigenvalue weighted by Gasteiger charge is 2.35. The molecule has 0 fully saturated rings. The minimum Gasteiger partial charge on any atom is -0.481 e. The van der Waals surface area contributed by atoms with Crippen LogP contribution in [-0.4, -0.2) is 31.2 Å². The van der Waals surface area contributed by atoms with E-state index in [2.05, 4.69) is 36.2 Å². The predicted octanol–water partition coefficient (Wildman–Crippen LogP) is 5.77. The number of fused-ring (bicyclic) bond motifs is 1. The van der Waals surface area contributed by atoms with E-state index >= 15 is 0 Å². The van der Waals surface area contributed by atoms with Crippen LogP contribution in [0.3, 0.4) is 0 Å². The molecule has 0 aliphatic heterocycles. The number of carbonyl (C=O) groups is 2. The Hall–Kier alpha value is -2.60. The molecule has 0 aliphatic carbocycles. The van der Waals surface area contributed by atoms with Crippen molar-refractivity contribution in [3.63, 3.8) is 0 Å². The zero-order chi connectivity index (χ0) is 22.8. The molecule has 6 heteroatoms. The predicted molar refractivity (Wildman–Crippen MR) is 126 cm³/mol. The minimum atomic E-state index is -0.923. The summed E-state index contributed by atoms with van der Waals surface area (Å²) in [5.41, 5.74) is 2.30. The fourth-order valence-electron chi connectivity index (χ4n) is 3.75. The van der Waals surface area contributed by atoms with Gasteiger partial charge in [-0.25, -0.2) is 4.98 Å². The summed E-state index contributed by atoms with van der Waals surface area (Å²) in [6, 6.07) is 12.6. The standard InChI is InChI=1S/C25H30N2O3S/c1-6-17-11-12-21(19-10-8-7-9-18(17)19)27-14-13-26-24(27)31-25(4,5)22(28)15-20(16(2)3)23(29)30/h7-14,16,20H,6,15H2,1-5H3,(H,29,30). The van der Waals surface area contributed by atoms with E-state index in [4.69, 9.17) is 0 Å². The summed E-state index contributed by atoms with van der Waals surface area (Å²) >= 11 is 1.38. The summed E-state index contributed by atoms with van der Waals surface area (Å²) in [5.74, 6) is -1.79. The number of rotatable bonds is 9. The van der Waals surface area contributed by atoms with Crippen molar-refractivity contribution in [2.24, 2.45) is 11.8 Å². The van der Waals surface area contributed by atoms with Crippen molar-refractivity contribution in [3.8, 4) is 5.69 Å². The minimum absolute atomic E-state index is 0.0157. The zero-order valence-corrected chi connectivity index (χ0v) is 19.6. The molecule has 0 bridgehead atoms. The molecule has 2 aromatic carbocycles. The number of hydrogen-bond donors (Lipinski definition) is 1. The fraction of sp³-hybridized carbons (Fsp3) is 0.400. The molecule has 1 aromatic heterocycles. The van der Waals surface area contributed by atoms with Crippen LogP contribution in [0.1, 0.15) is 46.6 Å². The molecule has 1 atom stereocenters. The van der Waals surface area contributed by atoms with Gasteiger partial charge in [-0.05, 0) is 43.2 Å². The first-order chi connectivity index (χ1) is 14.7. The van der Waals surface area contributed by atoms with E-state index < -0.39 is 16.6 Å². The van der Waals surface area contributed by atoms with Crippen molar-refractivity contribution >= 4 is 34.3 Å². The quantitative estimate of drug-likeness (QED) is 0.429. The van der Waals surface area contributed by atoms with Crippen LogP contribution in [-0.2, 0) is 16.0 Å². The molecule has 0 saturated heterocycles. The van der Waals surface area contributed by atoms with E-state index in [1.54, 1.807) is 6.20 Å². The first-order valence-electron chi connectivity index (χ1n) is 10.6. The van der Waals surface area contributed by atoms with Gasteiger partial charge in [0, 0.05) is 24.2 Å². The Labute approximate surface area is 187 Å². The van der Waals surface area contributed by atoms with Crippen molar-refractivity contribution in [1.82, 2.24) is 9.55 Å². The van der Waals surface area contributed by atoms with Gasteiger partial charge in [-0.15, -0.1) is 0 Å². The molecule has 0 amide bonds. The van der Waals surface area contributed by atoms with Crippen LogP contribution in [0.25, 0.3) is 16.5 Å². The van der Waals surface area contributed by atoms with Gasteiger partial charge in [-0.1, -0.05) is 62.9 Å². The normalized spacial score (nSPS) is 13.0. The molecule has 0 aliphatic rings. The maximum absolute atomic E-state index is 13.0. The Morgan fingerprint density at radius 3 is 2.42 bits per heavy atom. The third-order valence-electron chi connectivity index (χ3n) is 5.78. The number of imidazole rings is 1. The molecule has 0 saturated carbocycles. The van der Waals surface area contributed by atoms with E-state index in [1.165, 1.54) is 22.7 Å². The van der Waals surface area contributed by atoms with E-state index in [0.717, 1.165) is 17.5 Å². The lowest BCUT2D eigenvalue weighted by atomic mass is 9.88. The van der Waals surface area contributed by atoms with Gasteiger partial charge in [0.25, 0.3) is 0 Å². The number of aliphatic carboxylic acids is 1. The second-order valence-corrected chi connectivity index (χ2v) is 10.2. The Balaban J connectivity index is 1.93. The number of nitrogens with zero attached hydrogens (tertiary/aromatic N) is 2. The molecule has 3 aromatic rings. The van der Waals surface area contributed by atoms with Gasteiger partial charge in [0.2, 0.25) is 0 Å². The van der Waals surface area contributed by atoms with E-state index in [-0.39, 0.29) is 18.1 Å². The van der Waals surface area contributed by atoms with Crippen molar-refractivity contribution in [1.29, 1.82) is 0 Å². The Morgan fingerprint density at radius 1 is 1.13 bits per heavy atom. The summed E-state index contributed by atoms with van der Waals surface area (Å²) in [4.78, 5) is 29.1. The highest BCUT2D eigenvalue weighted by atomic mass is 32.2. The third-order valence-corrected chi connectivity index (χ3v) is 7.01. The average Bonchev–Trinajstić information content (AvgIpc) is 3.17. The molecule has 164 valence electrons. The number of carboxylic acids is 1. The summed E-state index contributed by atoms with van der Waals surface area (Å²) < 4.78 is 1.21. The molecule has 3 rings (SSSR count). The number of thioether (sulfide) groups is 1. The largest absolute Gasteiger partial charge is 0.481 e. The fourth-order valence-corrected chi connectivity index (χ4v) is 4.78. The lowest BCUT2D eigenvalue weighted by Gasteiger charge is -2.25. The number of carboxylic acid groups (broad SMARTS) is 1. The van der Waals surface area contributed by atoms with Crippen LogP contribution >= 0.6 is 11.8 Å². The van der Waals surface area contributed by atoms with Crippen LogP contribution in [0.4, 0.5) is 0 Å². The summed E-state index contributed by atoms with van der Waals surface area (Å²) in [7, 11) is 0. The first kappa shape index (κ1) is 23.1. The SMILES string of the molecule is CCc1ccc(-n2ccnc2SC(C)(C)C(=O)CC(C(=O)O)C(C)C)c2ccccc12. The number of ketones is 1. The van der Waals surface area contributed by atoms with Crippen molar-refractivity contribution < 1.29 is 14.7 Å². The zero-order valence-electron chi connectivity index (χ0n) is 18.8. The maximum Gasteiger partial charge on any atom is 0.307 e. The molecule has 0 spiro atoms. The van der Waals surface area contributed by atoms with Gasteiger partial charge in [0.05, 0.1) is 16.4 Å². The van der Waals surface area contributed by atoms with Crippen molar-refractivity contribution in [2.45, 2.75) is 57.4 Å². The number of aryl methyl sites for hydroxylation is 1. The Bertz CT molecular complexity index is 1100. The van der Waals surface area contributed by atoms with Gasteiger partial charge in [-0.2, -0.15) is 0 Å². The van der Waals surface area contributed by atoms with Crippen molar-refractivity contribution in [3.05, 3.63) is 54.4 Å². The van der Waals surface area contributed by atoms with Gasteiger partial charge in [0.15, 0.2) is 5.16 Å². The highest BCUT2D eigenvalue weighted by Crippen LogP contribution is 2.37. The van der Waals surface area contributed by atoms with Crippen LogP contribution < -0.4 is 0 Å². The lowest BCUT2D eigenvalue weighted by Crippen LogP contribution is -2.33. The number of benzene rings is 2. The Kier molecular flexibility index (Phi) is 6.90. The molecule has 1 unspecified atom stereocenters. The molecule has 1 N–H and O–H groups in total. The van der Waals surface area contributed by atoms with Gasteiger partial charge >= 0.3 is 5.97 Å². The van der Waals surface area contributed by atoms with E-state index in [1.807, 2.05) is 50.6 Å². The van der Waals surface area contributed by atoms with Crippen LogP contribution in [0.5, 0.6) is 0 Å². The van der Waals surface area contributed by atoms with Crippen LogP contribution in [0, 0.1) is 11.8 Å². The summed E-state index contributed by atoms with van der Waals surface area (Å²) in [6.45, 7) is 9.51. The molecule has 0 radical (unpaired) electrons. The lowest BCUT2D eigenvalue weighted by molar-refractivity contribution is -0.145. The van der Waals surface area contributed by atoms with Gasteiger partial charge in [-0.3, -0.25) is 14.2 Å². The average molecular weight is 439 g/mol. The molecule has 31 heavy (non-hydrogen) atoms. The Morgan fingerprint density at radius 2 is 1.81 bits per heavy atom. The molecular weight excluding hydrogens is 408 g/mol. The number of carbonyl (C=O) groups excluding carboxylic acids is 1. The summed E-state index contributed by atoms with van der Waals surface area (Å²) in [5, 5.41) is 12.5. The smallest absolute Gasteiger partial charge is 0.307 e. The molecular formula is C25H30N2O3S. The van der Waals surface area contributed by atoms with E-state index in [0.29, 0.717) is 5.16 Å². The van der Waals surface area contributed by atoms with Crippen molar-refractivity contribution in [2.75, 3.05) is 0 Å². The first-order valence-corrected chi connectivity index (χ1v) is 11.5. The van der Waals surface area contributed by atoms with Crippen LogP contribution in [0.15, 0.2) is 53.9 Å². The second kappa shape index (κ2) is 9.27. The maximum atomic E-state index is 13.0. The second-order valence-electron chi connectivity index (χ2n) is 8.65. The van der Waals surface area contributed by atoms with Gasteiger partial charge < -0.3 is 5.11 Å². The number of hydrogen-bond acceptors (Lipinski definition) is 4. The third kappa shape index (κ3) is 4.85. The number of aromatic nitrogens is 2. The van der Waals surface area contributed by atoms with Crippen LogP contribution in [0.2, 0.25) is 0 Å². The molecule has 1 heterocycles. The highest BCUT2D eigenvalue weighted by molar-refractivity contribution is 8.01. The monoisotopic (exact) mass is 438 g/mol.